The molecule has 4 heteroatoms. The van der Waals surface area contributed by atoms with Crippen molar-refractivity contribution in [1.82, 2.24) is 4.98 Å². The highest BCUT2D eigenvalue weighted by molar-refractivity contribution is 7.99. The summed E-state index contributed by atoms with van der Waals surface area (Å²) in [5.41, 5.74) is 3.36. The van der Waals surface area contributed by atoms with Crippen molar-refractivity contribution in [2.45, 2.75) is 5.75 Å². The number of rotatable bonds is 5. The normalized spacial score (nSPS) is 10.5. The number of nitriles is 1. The van der Waals surface area contributed by atoms with E-state index in [2.05, 4.69) is 11.1 Å². The molecule has 108 valence electrons. The van der Waals surface area contributed by atoms with Gasteiger partial charge in [-0.3, -0.25) is 4.79 Å². The summed E-state index contributed by atoms with van der Waals surface area (Å²) >= 11 is 1.54. The van der Waals surface area contributed by atoms with Crippen molar-refractivity contribution in [2.24, 2.45) is 0 Å². The van der Waals surface area contributed by atoms with Crippen LogP contribution in [0.3, 0.4) is 0 Å². The summed E-state index contributed by atoms with van der Waals surface area (Å²) in [4.78, 5) is 15.5. The molecule has 0 bridgehead atoms. The van der Waals surface area contributed by atoms with E-state index >= 15 is 0 Å². The molecule has 0 spiro atoms. The number of aromatic nitrogens is 1. The third kappa shape index (κ3) is 2.90. The molecular formula is C18H14N2OS. The van der Waals surface area contributed by atoms with Gasteiger partial charge in [-0.2, -0.15) is 5.26 Å². The zero-order valence-electron chi connectivity index (χ0n) is 11.9. The van der Waals surface area contributed by atoms with Gasteiger partial charge in [-0.25, -0.2) is 0 Å². The summed E-state index contributed by atoms with van der Waals surface area (Å²) < 4.78 is 0. The van der Waals surface area contributed by atoms with Crippen LogP contribution in [-0.2, 0) is 5.75 Å². The number of fused-ring (bicyclic) bond motifs is 1. The van der Waals surface area contributed by atoms with E-state index in [4.69, 9.17) is 5.26 Å². The summed E-state index contributed by atoms with van der Waals surface area (Å²) in [5, 5.41) is 10.0. The Morgan fingerprint density at radius 2 is 1.91 bits per heavy atom. The molecule has 1 N–H and O–H groups in total. The van der Waals surface area contributed by atoms with Crippen molar-refractivity contribution in [3.63, 3.8) is 0 Å². The van der Waals surface area contributed by atoms with Crippen molar-refractivity contribution >= 4 is 28.4 Å². The van der Waals surface area contributed by atoms with Crippen molar-refractivity contribution in [3.8, 4) is 6.07 Å². The van der Waals surface area contributed by atoms with Gasteiger partial charge in [0.25, 0.3) is 0 Å². The smallest absolute Gasteiger partial charge is 0.174 e. The van der Waals surface area contributed by atoms with Crippen molar-refractivity contribution in [3.05, 3.63) is 71.4 Å². The Kier molecular flexibility index (Phi) is 4.27. The highest BCUT2D eigenvalue weighted by atomic mass is 32.2. The number of aromatic amines is 1. The average Bonchev–Trinajstić information content (AvgIpc) is 2.99. The molecule has 1 aromatic heterocycles. The van der Waals surface area contributed by atoms with Gasteiger partial charge in [-0.05, 0) is 17.7 Å². The number of thioether (sulfide) groups is 1. The van der Waals surface area contributed by atoms with Gasteiger partial charge in [-0.1, -0.05) is 36.4 Å². The lowest BCUT2D eigenvalue weighted by atomic mass is 10.1. The van der Waals surface area contributed by atoms with Crippen molar-refractivity contribution in [2.75, 3.05) is 5.75 Å². The van der Waals surface area contributed by atoms with Gasteiger partial charge in [-0.15, -0.1) is 11.8 Å². The van der Waals surface area contributed by atoms with Gasteiger partial charge in [0, 0.05) is 28.4 Å². The lowest BCUT2D eigenvalue weighted by Gasteiger charge is -2.03. The molecule has 2 aromatic carbocycles. The third-order valence-corrected chi connectivity index (χ3v) is 4.50. The van der Waals surface area contributed by atoms with E-state index < -0.39 is 0 Å². The Morgan fingerprint density at radius 3 is 2.77 bits per heavy atom. The standard InChI is InChI=1S/C18H14N2OS/c19-9-13-5-1-2-6-14(13)11-22-12-18(21)16-10-20-17-8-4-3-7-15(16)17/h1-8,10,20H,11-12H2. The maximum atomic E-state index is 12.4. The topological polar surface area (TPSA) is 56.6 Å². The first kappa shape index (κ1) is 14.4. The van der Waals surface area contributed by atoms with Gasteiger partial charge in [0.05, 0.1) is 17.4 Å². The molecule has 0 saturated heterocycles. The summed E-state index contributed by atoms with van der Waals surface area (Å²) in [7, 11) is 0. The van der Waals surface area contributed by atoms with Gasteiger partial charge < -0.3 is 4.98 Å². The Balaban J connectivity index is 1.67. The molecule has 0 amide bonds. The van der Waals surface area contributed by atoms with E-state index in [1.54, 1.807) is 12.3 Å². The number of carbonyl (C=O) groups excluding carboxylic acids is 1. The Labute approximate surface area is 133 Å². The molecule has 3 aromatic rings. The zero-order chi connectivity index (χ0) is 15.4. The number of hydrogen-bond acceptors (Lipinski definition) is 3. The van der Waals surface area contributed by atoms with Crippen LogP contribution in [0.15, 0.2) is 54.7 Å². The fraction of sp³-hybridized carbons (Fsp3) is 0.111. The quantitative estimate of drug-likeness (QED) is 0.720. The van der Waals surface area contributed by atoms with Crippen LogP contribution in [0.4, 0.5) is 0 Å². The predicted molar refractivity (Wildman–Crippen MR) is 89.9 cm³/mol. The lowest BCUT2D eigenvalue weighted by molar-refractivity contribution is 0.102. The summed E-state index contributed by atoms with van der Waals surface area (Å²) in [6.45, 7) is 0. The molecule has 0 atom stereocenters. The first-order chi connectivity index (χ1) is 10.8. The second-order valence-electron chi connectivity index (χ2n) is 4.93. The van der Waals surface area contributed by atoms with Crippen LogP contribution in [0, 0.1) is 11.3 Å². The van der Waals surface area contributed by atoms with E-state index in [0.717, 1.165) is 22.0 Å². The minimum atomic E-state index is 0.108. The number of H-pyrrole nitrogens is 1. The SMILES string of the molecule is N#Cc1ccccc1CSCC(=O)c1c[nH]c2ccccc12. The Hall–Kier alpha value is -2.51. The van der Waals surface area contributed by atoms with Gasteiger partial charge in [0.15, 0.2) is 5.78 Å². The third-order valence-electron chi connectivity index (χ3n) is 3.52. The number of para-hydroxylation sites is 1. The molecular weight excluding hydrogens is 292 g/mol. The summed E-state index contributed by atoms with van der Waals surface area (Å²) in [6, 6.07) is 17.5. The monoisotopic (exact) mass is 306 g/mol. The second-order valence-corrected chi connectivity index (χ2v) is 5.92. The molecule has 1 heterocycles. The molecule has 0 unspecified atom stereocenters. The molecule has 0 saturated carbocycles. The first-order valence-electron chi connectivity index (χ1n) is 6.94. The number of ketones is 1. The number of hydrogen-bond donors (Lipinski definition) is 1. The van der Waals surface area contributed by atoms with Crippen LogP contribution in [0.1, 0.15) is 21.5 Å². The molecule has 22 heavy (non-hydrogen) atoms. The van der Waals surface area contributed by atoms with Crippen LogP contribution >= 0.6 is 11.8 Å². The lowest BCUT2D eigenvalue weighted by Crippen LogP contribution is -2.02. The summed E-state index contributed by atoms with van der Waals surface area (Å²) in [6.07, 6.45) is 1.77. The predicted octanol–water partition coefficient (Wildman–Crippen LogP) is 4.16. The zero-order valence-corrected chi connectivity index (χ0v) is 12.7. The average molecular weight is 306 g/mol. The second kappa shape index (κ2) is 6.50. The highest BCUT2D eigenvalue weighted by Gasteiger charge is 2.12. The molecule has 0 aliphatic carbocycles. The largest absolute Gasteiger partial charge is 0.360 e. The van der Waals surface area contributed by atoms with E-state index in [1.165, 1.54) is 11.8 Å². The van der Waals surface area contributed by atoms with E-state index in [9.17, 15) is 4.79 Å². The fourth-order valence-corrected chi connectivity index (χ4v) is 3.30. The van der Waals surface area contributed by atoms with Crippen LogP contribution < -0.4 is 0 Å². The van der Waals surface area contributed by atoms with Gasteiger partial charge in [0.2, 0.25) is 0 Å². The molecule has 3 nitrogen and oxygen atoms in total. The first-order valence-corrected chi connectivity index (χ1v) is 8.10. The van der Waals surface area contributed by atoms with E-state index in [-0.39, 0.29) is 5.78 Å². The maximum absolute atomic E-state index is 12.4. The van der Waals surface area contributed by atoms with Crippen LogP contribution in [-0.4, -0.2) is 16.5 Å². The molecule has 0 aliphatic rings. The molecule has 0 aliphatic heterocycles. The summed E-state index contributed by atoms with van der Waals surface area (Å²) in [5.74, 6) is 1.18. The van der Waals surface area contributed by atoms with Crippen molar-refractivity contribution < 1.29 is 4.79 Å². The number of Topliss-reactive ketones (excluding diaryl/α,β-unsaturated/α-hetero) is 1. The minimum Gasteiger partial charge on any atom is -0.360 e. The van der Waals surface area contributed by atoms with Crippen LogP contribution in [0.2, 0.25) is 0 Å². The molecule has 3 rings (SSSR count). The molecule has 0 fully saturated rings. The van der Waals surface area contributed by atoms with Crippen molar-refractivity contribution in [1.29, 1.82) is 5.26 Å². The number of nitrogens with one attached hydrogen (secondary N) is 1. The maximum Gasteiger partial charge on any atom is 0.174 e. The van der Waals surface area contributed by atoms with Gasteiger partial charge >= 0.3 is 0 Å². The molecule has 0 radical (unpaired) electrons. The van der Waals surface area contributed by atoms with E-state index in [0.29, 0.717) is 17.1 Å². The van der Waals surface area contributed by atoms with Crippen LogP contribution in [0.5, 0.6) is 0 Å². The number of carbonyl (C=O) groups is 1. The van der Waals surface area contributed by atoms with Crippen LogP contribution in [0.25, 0.3) is 10.9 Å². The number of nitrogens with zero attached hydrogens (tertiary/aromatic N) is 1. The number of benzene rings is 2. The highest BCUT2D eigenvalue weighted by Crippen LogP contribution is 2.21. The Bertz CT molecular complexity index is 861. The fourth-order valence-electron chi connectivity index (χ4n) is 2.39. The van der Waals surface area contributed by atoms with E-state index in [1.807, 2.05) is 42.5 Å². The minimum absolute atomic E-state index is 0.108. The van der Waals surface area contributed by atoms with Gasteiger partial charge in [0.1, 0.15) is 0 Å². The Morgan fingerprint density at radius 1 is 1.14 bits per heavy atom.